The molecule has 4 N–H and O–H groups in total. The van der Waals surface area contributed by atoms with E-state index in [1.165, 1.54) is 0 Å². The third-order valence-corrected chi connectivity index (χ3v) is 4.48. The number of hydrogen-bond donors (Lipinski definition) is 3. The van der Waals surface area contributed by atoms with Gasteiger partial charge in [0.25, 0.3) is 0 Å². The number of nitrogens with one attached hydrogen (secondary N) is 1. The lowest BCUT2D eigenvalue weighted by atomic mass is 10.2. The zero-order valence-corrected chi connectivity index (χ0v) is 15.7. The molecule has 7 nitrogen and oxygen atoms in total. The van der Waals surface area contributed by atoms with Crippen LogP contribution in [0.2, 0.25) is 5.02 Å². The van der Waals surface area contributed by atoms with E-state index in [0.29, 0.717) is 48.4 Å². The van der Waals surface area contributed by atoms with E-state index in [1.54, 1.807) is 0 Å². The minimum Gasteiger partial charge on any atom is -0.461 e. The molecule has 8 heteroatoms. The van der Waals surface area contributed by atoms with Crippen LogP contribution in [0.25, 0.3) is 0 Å². The van der Waals surface area contributed by atoms with E-state index in [0.717, 1.165) is 5.56 Å². The number of nitrogens with two attached hydrogens (primary N) is 1. The predicted octanol–water partition coefficient (Wildman–Crippen LogP) is 2.68. The first kappa shape index (κ1) is 18.5. The van der Waals surface area contributed by atoms with Crippen molar-refractivity contribution in [2.45, 2.75) is 39.0 Å². The number of nitrogens with zero attached hydrogens (tertiary/aromatic N) is 3. The first-order valence-corrected chi connectivity index (χ1v) is 9.06. The maximum absolute atomic E-state index is 9.83. The van der Waals surface area contributed by atoms with Crippen LogP contribution in [0.5, 0.6) is 6.01 Å². The number of benzene rings is 1. The smallest absolute Gasteiger partial charge is 0.320 e. The van der Waals surface area contributed by atoms with Crippen molar-refractivity contribution in [1.29, 1.82) is 0 Å². The summed E-state index contributed by atoms with van der Waals surface area (Å²) in [6.07, 6.45) is 0.247. The van der Waals surface area contributed by atoms with Gasteiger partial charge < -0.3 is 25.8 Å². The molecule has 2 aromatic rings. The number of hydrogen-bond acceptors (Lipinski definition) is 7. The summed E-state index contributed by atoms with van der Waals surface area (Å²) in [5, 5.41) is 13.7. The quantitative estimate of drug-likeness (QED) is 0.712. The third kappa shape index (κ3) is 4.28. The Labute approximate surface area is 158 Å². The zero-order chi connectivity index (χ0) is 18.7. The molecule has 26 heavy (non-hydrogen) atoms. The molecule has 0 bridgehead atoms. The number of aliphatic hydroxyl groups is 1. The summed E-state index contributed by atoms with van der Waals surface area (Å²) in [4.78, 5) is 10.8. The maximum atomic E-state index is 9.83. The fourth-order valence-corrected chi connectivity index (χ4v) is 3.03. The number of aromatic nitrogens is 2. The van der Waals surface area contributed by atoms with Gasteiger partial charge in [-0.15, -0.1) is 0 Å². The molecule has 1 atom stereocenters. The van der Waals surface area contributed by atoms with E-state index < -0.39 is 0 Å². The SMILES string of the molecule is CC(C)Oc1nc(NCc2ccccc2Cl)c(N)c(N2CC[C@H](O)C2)n1. The molecule has 1 aliphatic rings. The molecule has 0 aliphatic carbocycles. The molecule has 1 aromatic heterocycles. The number of halogens is 1. The fraction of sp³-hybridized carbons (Fsp3) is 0.444. The molecule has 0 amide bonds. The normalized spacial score (nSPS) is 17.0. The largest absolute Gasteiger partial charge is 0.461 e. The van der Waals surface area contributed by atoms with Crippen LogP contribution in [0.3, 0.4) is 0 Å². The van der Waals surface area contributed by atoms with Crippen molar-refractivity contribution in [2.75, 3.05) is 29.0 Å². The van der Waals surface area contributed by atoms with E-state index in [1.807, 2.05) is 43.0 Å². The van der Waals surface area contributed by atoms with E-state index in [9.17, 15) is 5.11 Å². The number of rotatable bonds is 6. The Morgan fingerprint density at radius 3 is 2.81 bits per heavy atom. The molecule has 0 saturated carbocycles. The predicted molar refractivity (Wildman–Crippen MR) is 104 cm³/mol. The van der Waals surface area contributed by atoms with Gasteiger partial charge in [0.1, 0.15) is 5.69 Å². The van der Waals surface area contributed by atoms with Gasteiger partial charge in [0.05, 0.1) is 12.2 Å². The molecule has 2 heterocycles. The molecular weight excluding hydrogens is 354 g/mol. The number of aliphatic hydroxyl groups excluding tert-OH is 1. The molecule has 1 saturated heterocycles. The fourth-order valence-electron chi connectivity index (χ4n) is 2.83. The minimum absolute atomic E-state index is 0.0629. The number of anilines is 3. The summed E-state index contributed by atoms with van der Waals surface area (Å²) in [5.41, 5.74) is 7.69. The summed E-state index contributed by atoms with van der Waals surface area (Å²) in [6, 6.07) is 7.85. The monoisotopic (exact) mass is 377 g/mol. The van der Waals surface area contributed by atoms with Crippen LogP contribution in [0.1, 0.15) is 25.8 Å². The van der Waals surface area contributed by atoms with Gasteiger partial charge in [-0.25, -0.2) is 0 Å². The molecule has 0 spiro atoms. The first-order valence-electron chi connectivity index (χ1n) is 8.68. The van der Waals surface area contributed by atoms with Crippen molar-refractivity contribution < 1.29 is 9.84 Å². The summed E-state index contributed by atoms with van der Waals surface area (Å²) in [7, 11) is 0. The van der Waals surface area contributed by atoms with Crippen molar-refractivity contribution in [3.63, 3.8) is 0 Å². The van der Waals surface area contributed by atoms with E-state index >= 15 is 0 Å². The highest BCUT2D eigenvalue weighted by Crippen LogP contribution is 2.32. The van der Waals surface area contributed by atoms with Crippen LogP contribution in [0, 0.1) is 0 Å². The van der Waals surface area contributed by atoms with Gasteiger partial charge in [0, 0.05) is 24.7 Å². The van der Waals surface area contributed by atoms with Crippen LogP contribution in [0.4, 0.5) is 17.3 Å². The van der Waals surface area contributed by atoms with Crippen molar-refractivity contribution in [2.24, 2.45) is 0 Å². The highest BCUT2D eigenvalue weighted by Gasteiger charge is 2.26. The van der Waals surface area contributed by atoms with Crippen LogP contribution in [-0.4, -0.2) is 40.4 Å². The molecule has 140 valence electrons. The molecular formula is C18H24ClN5O2. The third-order valence-electron chi connectivity index (χ3n) is 4.11. The van der Waals surface area contributed by atoms with Crippen LogP contribution in [0.15, 0.2) is 24.3 Å². The molecule has 3 rings (SSSR count). The Hall–Kier alpha value is -2.25. The van der Waals surface area contributed by atoms with Gasteiger partial charge in [-0.05, 0) is 31.9 Å². The molecule has 1 fully saturated rings. The first-order chi connectivity index (χ1) is 12.4. The Morgan fingerprint density at radius 1 is 1.38 bits per heavy atom. The lowest BCUT2D eigenvalue weighted by molar-refractivity contribution is 0.198. The highest BCUT2D eigenvalue weighted by atomic mass is 35.5. The second-order valence-corrected chi connectivity index (χ2v) is 7.00. The van der Waals surface area contributed by atoms with Gasteiger partial charge in [0.2, 0.25) is 0 Å². The second-order valence-electron chi connectivity index (χ2n) is 6.59. The van der Waals surface area contributed by atoms with Crippen molar-refractivity contribution in [1.82, 2.24) is 9.97 Å². The molecule has 1 aliphatic heterocycles. The number of nitrogen functional groups attached to an aromatic ring is 1. The average Bonchev–Trinajstić information content (AvgIpc) is 3.02. The Kier molecular flexibility index (Phi) is 5.68. The van der Waals surface area contributed by atoms with Crippen molar-refractivity contribution >= 4 is 28.9 Å². The topological polar surface area (TPSA) is 96.5 Å². The van der Waals surface area contributed by atoms with E-state index in [2.05, 4.69) is 15.3 Å². The lowest BCUT2D eigenvalue weighted by Crippen LogP contribution is -2.25. The zero-order valence-electron chi connectivity index (χ0n) is 14.9. The molecule has 0 unspecified atom stereocenters. The Morgan fingerprint density at radius 2 is 2.15 bits per heavy atom. The standard InChI is InChI=1S/C18H24ClN5O2/c1-11(2)26-18-22-16(21-9-12-5-3-4-6-14(12)19)15(20)17(23-18)24-8-7-13(25)10-24/h3-6,11,13,25H,7-10,20H2,1-2H3,(H,21,22,23)/t13-/m0/s1. The summed E-state index contributed by atoms with van der Waals surface area (Å²) in [6.45, 7) is 5.48. The van der Waals surface area contributed by atoms with Crippen LogP contribution >= 0.6 is 11.6 Å². The Balaban J connectivity index is 1.88. The second kappa shape index (κ2) is 7.97. The van der Waals surface area contributed by atoms with Gasteiger partial charge in [0.15, 0.2) is 11.6 Å². The van der Waals surface area contributed by atoms with E-state index in [4.69, 9.17) is 22.1 Å². The van der Waals surface area contributed by atoms with Gasteiger partial charge in [-0.2, -0.15) is 9.97 Å². The molecule has 0 radical (unpaired) electrons. The minimum atomic E-state index is -0.377. The molecule has 1 aromatic carbocycles. The lowest BCUT2D eigenvalue weighted by Gasteiger charge is -2.22. The van der Waals surface area contributed by atoms with Crippen LogP contribution < -0.4 is 20.7 Å². The van der Waals surface area contributed by atoms with Crippen LogP contribution in [-0.2, 0) is 6.54 Å². The summed E-state index contributed by atoms with van der Waals surface area (Å²) < 4.78 is 5.68. The average molecular weight is 378 g/mol. The highest BCUT2D eigenvalue weighted by molar-refractivity contribution is 6.31. The van der Waals surface area contributed by atoms with E-state index in [-0.39, 0.29) is 18.2 Å². The summed E-state index contributed by atoms with van der Waals surface area (Å²) >= 11 is 6.22. The number of ether oxygens (including phenoxy) is 1. The van der Waals surface area contributed by atoms with Gasteiger partial charge in [-0.1, -0.05) is 29.8 Å². The van der Waals surface area contributed by atoms with Gasteiger partial charge in [-0.3, -0.25) is 0 Å². The van der Waals surface area contributed by atoms with Crippen molar-refractivity contribution in [3.05, 3.63) is 34.9 Å². The van der Waals surface area contributed by atoms with Crippen molar-refractivity contribution in [3.8, 4) is 6.01 Å². The summed E-state index contributed by atoms with van der Waals surface area (Å²) in [5.74, 6) is 1.07. The Bertz CT molecular complexity index is 771. The van der Waals surface area contributed by atoms with Gasteiger partial charge >= 0.3 is 6.01 Å². The number of β-amino-alcohol motifs (C(OH)–C–C–N with tert-alkyl or cyclic N) is 1. The maximum Gasteiger partial charge on any atom is 0.320 e.